The standard InChI is InChI=1S/C8H8N4O2/c9-7-2-1-6(14-7)8(13)12-5-3-10-11-4-5/h1-4H,9H2,(H,10,11)(H,12,13). The molecule has 0 aliphatic heterocycles. The lowest BCUT2D eigenvalue weighted by atomic mass is 10.4. The SMILES string of the molecule is Nc1ccc(C(=O)Nc2cn[nH]c2)o1. The fourth-order valence-electron chi connectivity index (χ4n) is 0.987. The van der Waals surface area contributed by atoms with Gasteiger partial charge < -0.3 is 15.5 Å². The molecule has 2 rings (SSSR count). The molecule has 0 aromatic carbocycles. The van der Waals surface area contributed by atoms with Crippen LogP contribution in [0, 0.1) is 0 Å². The van der Waals surface area contributed by atoms with E-state index in [1.807, 2.05) is 0 Å². The van der Waals surface area contributed by atoms with Crippen LogP contribution in [-0.2, 0) is 0 Å². The Balaban J connectivity index is 2.10. The Bertz CT molecular complexity index is 432. The average molecular weight is 192 g/mol. The summed E-state index contributed by atoms with van der Waals surface area (Å²) in [4.78, 5) is 11.4. The monoisotopic (exact) mass is 192 g/mol. The first-order valence-corrected chi connectivity index (χ1v) is 3.91. The smallest absolute Gasteiger partial charge is 0.291 e. The number of rotatable bonds is 2. The number of nitrogen functional groups attached to an aromatic ring is 1. The number of carbonyl (C=O) groups is 1. The molecule has 0 saturated heterocycles. The predicted molar refractivity (Wildman–Crippen MR) is 49.7 cm³/mol. The Morgan fingerprint density at radius 2 is 2.43 bits per heavy atom. The molecular formula is C8H8N4O2. The summed E-state index contributed by atoms with van der Waals surface area (Å²) < 4.78 is 4.93. The third kappa shape index (κ3) is 1.58. The van der Waals surface area contributed by atoms with Gasteiger partial charge in [-0.1, -0.05) is 0 Å². The Morgan fingerprint density at radius 3 is 3.00 bits per heavy atom. The molecule has 14 heavy (non-hydrogen) atoms. The molecule has 1 amide bonds. The molecule has 4 N–H and O–H groups in total. The van der Waals surface area contributed by atoms with Gasteiger partial charge in [0, 0.05) is 12.3 Å². The van der Waals surface area contributed by atoms with Gasteiger partial charge in [0.25, 0.3) is 5.91 Å². The van der Waals surface area contributed by atoms with Crippen molar-refractivity contribution in [3.63, 3.8) is 0 Å². The molecule has 0 fully saturated rings. The van der Waals surface area contributed by atoms with Crippen molar-refractivity contribution >= 4 is 17.5 Å². The maximum absolute atomic E-state index is 11.4. The number of nitrogens with two attached hydrogens (primary N) is 1. The number of nitrogens with zero attached hydrogens (tertiary/aromatic N) is 1. The van der Waals surface area contributed by atoms with Crippen LogP contribution in [0.4, 0.5) is 11.6 Å². The maximum Gasteiger partial charge on any atom is 0.291 e. The molecule has 0 radical (unpaired) electrons. The van der Waals surface area contributed by atoms with Gasteiger partial charge >= 0.3 is 0 Å². The van der Waals surface area contributed by atoms with E-state index in [1.54, 1.807) is 6.20 Å². The molecule has 72 valence electrons. The molecule has 0 aliphatic rings. The summed E-state index contributed by atoms with van der Waals surface area (Å²) in [6.45, 7) is 0. The number of anilines is 2. The highest BCUT2D eigenvalue weighted by molar-refractivity contribution is 6.02. The quantitative estimate of drug-likeness (QED) is 0.656. The summed E-state index contributed by atoms with van der Waals surface area (Å²) in [6.07, 6.45) is 3.05. The molecule has 6 nitrogen and oxygen atoms in total. The number of aromatic amines is 1. The lowest BCUT2D eigenvalue weighted by Gasteiger charge is -1.97. The summed E-state index contributed by atoms with van der Waals surface area (Å²) in [6, 6.07) is 3.02. The van der Waals surface area contributed by atoms with Gasteiger partial charge in [0.15, 0.2) is 11.6 Å². The van der Waals surface area contributed by atoms with E-state index in [-0.39, 0.29) is 17.6 Å². The Labute approximate surface area is 79.1 Å². The summed E-state index contributed by atoms with van der Waals surface area (Å²) in [7, 11) is 0. The van der Waals surface area contributed by atoms with Gasteiger partial charge in [-0.05, 0) is 6.07 Å². The largest absolute Gasteiger partial charge is 0.436 e. The molecule has 0 spiro atoms. The molecule has 0 aliphatic carbocycles. The van der Waals surface area contributed by atoms with Gasteiger partial charge in [-0.2, -0.15) is 5.10 Å². The highest BCUT2D eigenvalue weighted by atomic mass is 16.4. The molecular weight excluding hydrogens is 184 g/mol. The van der Waals surface area contributed by atoms with Crippen LogP contribution in [-0.4, -0.2) is 16.1 Å². The Hall–Kier alpha value is -2.24. The van der Waals surface area contributed by atoms with E-state index >= 15 is 0 Å². The number of hydrogen-bond acceptors (Lipinski definition) is 4. The second-order valence-electron chi connectivity index (χ2n) is 2.64. The average Bonchev–Trinajstić information content (AvgIpc) is 2.75. The van der Waals surface area contributed by atoms with Crippen LogP contribution in [0.15, 0.2) is 28.9 Å². The molecule has 0 bridgehead atoms. The van der Waals surface area contributed by atoms with E-state index in [0.717, 1.165) is 0 Å². The molecule has 6 heteroatoms. The van der Waals surface area contributed by atoms with E-state index < -0.39 is 0 Å². The van der Waals surface area contributed by atoms with Crippen LogP contribution < -0.4 is 11.1 Å². The molecule has 2 aromatic heterocycles. The number of nitrogens with one attached hydrogen (secondary N) is 2. The van der Waals surface area contributed by atoms with Gasteiger partial charge in [0.2, 0.25) is 0 Å². The van der Waals surface area contributed by atoms with Crippen molar-refractivity contribution in [3.05, 3.63) is 30.3 Å². The number of furan rings is 1. The van der Waals surface area contributed by atoms with Gasteiger partial charge in [0.05, 0.1) is 11.9 Å². The minimum atomic E-state index is -0.358. The van der Waals surface area contributed by atoms with Crippen LogP contribution in [0.2, 0.25) is 0 Å². The lowest BCUT2D eigenvalue weighted by Crippen LogP contribution is -2.10. The van der Waals surface area contributed by atoms with Crippen molar-refractivity contribution in [2.45, 2.75) is 0 Å². The van der Waals surface area contributed by atoms with Gasteiger partial charge in [-0.3, -0.25) is 9.89 Å². The fourth-order valence-corrected chi connectivity index (χ4v) is 0.987. The topological polar surface area (TPSA) is 96.9 Å². The van der Waals surface area contributed by atoms with Crippen molar-refractivity contribution in [2.24, 2.45) is 0 Å². The zero-order valence-corrected chi connectivity index (χ0v) is 7.15. The molecule has 2 aromatic rings. The number of aromatic nitrogens is 2. The third-order valence-electron chi connectivity index (χ3n) is 1.61. The molecule has 0 atom stereocenters. The van der Waals surface area contributed by atoms with Crippen LogP contribution in [0.3, 0.4) is 0 Å². The maximum atomic E-state index is 11.4. The summed E-state index contributed by atoms with van der Waals surface area (Å²) in [5, 5.41) is 8.82. The van der Waals surface area contributed by atoms with E-state index in [4.69, 9.17) is 10.2 Å². The molecule has 0 saturated carbocycles. The highest BCUT2D eigenvalue weighted by Gasteiger charge is 2.10. The van der Waals surface area contributed by atoms with E-state index in [0.29, 0.717) is 5.69 Å². The van der Waals surface area contributed by atoms with Gasteiger partial charge in [0.1, 0.15) is 0 Å². The zero-order chi connectivity index (χ0) is 9.97. The van der Waals surface area contributed by atoms with Crippen molar-refractivity contribution in [1.82, 2.24) is 10.2 Å². The Kier molecular flexibility index (Phi) is 1.94. The van der Waals surface area contributed by atoms with Crippen molar-refractivity contribution in [3.8, 4) is 0 Å². The van der Waals surface area contributed by atoms with Crippen molar-refractivity contribution in [1.29, 1.82) is 0 Å². The number of amides is 1. The van der Waals surface area contributed by atoms with E-state index in [2.05, 4.69) is 15.5 Å². The lowest BCUT2D eigenvalue weighted by molar-refractivity contribution is 0.0997. The van der Waals surface area contributed by atoms with Crippen LogP contribution in [0.1, 0.15) is 10.6 Å². The minimum Gasteiger partial charge on any atom is -0.436 e. The van der Waals surface area contributed by atoms with Crippen molar-refractivity contribution < 1.29 is 9.21 Å². The first-order chi connectivity index (χ1) is 6.75. The molecule has 2 heterocycles. The fraction of sp³-hybridized carbons (Fsp3) is 0. The zero-order valence-electron chi connectivity index (χ0n) is 7.15. The first kappa shape index (κ1) is 8.36. The number of H-pyrrole nitrogens is 1. The first-order valence-electron chi connectivity index (χ1n) is 3.91. The van der Waals surface area contributed by atoms with Crippen molar-refractivity contribution in [2.75, 3.05) is 11.1 Å². The second kappa shape index (κ2) is 3.25. The predicted octanol–water partition coefficient (Wildman–Crippen LogP) is 0.837. The number of carbonyl (C=O) groups excluding carboxylic acids is 1. The van der Waals surface area contributed by atoms with Gasteiger partial charge in [-0.25, -0.2) is 0 Å². The van der Waals surface area contributed by atoms with E-state index in [1.165, 1.54) is 18.3 Å². The highest BCUT2D eigenvalue weighted by Crippen LogP contribution is 2.11. The minimum absolute atomic E-state index is 0.170. The van der Waals surface area contributed by atoms with Crippen LogP contribution in [0.25, 0.3) is 0 Å². The summed E-state index contributed by atoms with van der Waals surface area (Å²) in [5.74, 6) is 0.0224. The van der Waals surface area contributed by atoms with Crippen LogP contribution >= 0.6 is 0 Å². The Morgan fingerprint density at radius 1 is 1.57 bits per heavy atom. The number of hydrogen-bond donors (Lipinski definition) is 3. The van der Waals surface area contributed by atoms with E-state index in [9.17, 15) is 4.79 Å². The molecule has 0 unspecified atom stereocenters. The second-order valence-corrected chi connectivity index (χ2v) is 2.64. The normalized spacial score (nSPS) is 10.0. The van der Waals surface area contributed by atoms with Crippen LogP contribution in [0.5, 0.6) is 0 Å². The summed E-state index contributed by atoms with van der Waals surface area (Å²) >= 11 is 0. The summed E-state index contributed by atoms with van der Waals surface area (Å²) in [5.41, 5.74) is 5.90. The third-order valence-corrected chi connectivity index (χ3v) is 1.61. The van der Waals surface area contributed by atoms with Gasteiger partial charge in [-0.15, -0.1) is 0 Å².